The zero-order chi connectivity index (χ0) is 21.5. The van der Waals surface area contributed by atoms with Crippen LogP contribution in [0.2, 0.25) is 5.02 Å². The number of aryl methyl sites for hydroxylation is 1. The van der Waals surface area contributed by atoms with E-state index in [9.17, 15) is 9.59 Å². The molecule has 0 fully saturated rings. The second-order valence-corrected chi connectivity index (χ2v) is 7.27. The first-order chi connectivity index (χ1) is 14.4. The molecule has 8 heteroatoms. The van der Waals surface area contributed by atoms with Gasteiger partial charge in [0.15, 0.2) is 0 Å². The summed E-state index contributed by atoms with van der Waals surface area (Å²) in [6.45, 7) is 2.59. The highest BCUT2D eigenvalue weighted by molar-refractivity contribution is 6.30. The van der Waals surface area contributed by atoms with Crippen LogP contribution < -0.4 is 10.3 Å². The summed E-state index contributed by atoms with van der Waals surface area (Å²) < 4.78 is 5.62. The van der Waals surface area contributed by atoms with Gasteiger partial charge in [-0.2, -0.15) is 0 Å². The first-order valence-electron chi connectivity index (χ1n) is 9.56. The molecule has 2 aromatic heterocycles. The van der Waals surface area contributed by atoms with E-state index in [1.54, 1.807) is 67.7 Å². The predicted octanol–water partition coefficient (Wildman–Crippen LogP) is 3.26. The summed E-state index contributed by atoms with van der Waals surface area (Å²) in [5.74, 6) is 1.13. The Hall–Kier alpha value is -3.19. The lowest BCUT2D eigenvalue weighted by Gasteiger charge is -2.17. The standard InChI is InChI=1S/C22H23ClN4O3/c1-15-19(22(29)26-21(25-15)16-9-11-24-12-10-16)7-8-20(28)27(2)13-14-30-18-5-3-17(23)4-6-18/h3-6,9-12H,7-8,13-14H2,1-2H3,(H,25,26,29). The van der Waals surface area contributed by atoms with Gasteiger partial charge in [0.25, 0.3) is 5.56 Å². The molecule has 0 aliphatic heterocycles. The first-order valence-corrected chi connectivity index (χ1v) is 9.94. The number of carbonyl (C=O) groups is 1. The summed E-state index contributed by atoms with van der Waals surface area (Å²) >= 11 is 5.85. The van der Waals surface area contributed by atoms with Crippen molar-refractivity contribution in [3.63, 3.8) is 0 Å². The number of H-pyrrole nitrogens is 1. The normalized spacial score (nSPS) is 10.6. The van der Waals surface area contributed by atoms with E-state index in [0.717, 1.165) is 5.56 Å². The average Bonchev–Trinajstić information content (AvgIpc) is 2.74. The van der Waals surface area contributed by atoms with Gasteiger partial charge in [-0.3, -0.25) is 14.6 Å². The Morgan fingerprint density at radius 1 is 1.17 bits per heavy atom. The Labute approximate surface area is 179 Å². The molecule has 0 saturated heterocycles. The Morgan fingerprint density at radius 3 is 2.53 bits per heavy atom. The molecular formula is C22H23ClN4O3. The molecule has 0 aliphatic rings. The summed E-state index contributed by atoms with van der Waals surface area (Å²) in [4.78, 5) is 37.8. The average molecular weight is 427 g/mol. The smallest absolute Gasteiger partial charge is 0.254 e. The van der Waals surface area contributed by atoms with Crippen LogP contribution in [0.1, 0.15) is 17.7 Å². The van der Waals surface area contributed by atoms with Crippen LogP contribution in [-0.2, 0) is 11.2 Å². The van der Waals surface area contributed by atoms with Gasteiger partial charge >= 0.3 is 0 Å². The lowest BCUT2D eigenvalue weighted by Crippen LogP contribution is -2.31. The maximum Gasteiger partial charge on any atom is 0.254 e. The van der Waals surface area contributed by atoms with Crippen LogP contribution in [0.3, 0.4) is 0 Å². The number of nitrogens with one attached hydrogen (secondary N) is 1. The number of halogens is 1. The second-order valence-electron chi connectivity index (χ2n) is 6.83. The molecule has 30 heavy (non-hydrogen) atoms. The largest absolute Gasteiger partial charge is 0.492 e. The van der Waals surface area contributed by atoms with E-state index in [1.807, 2.05) is 0 Å². The van der Waals surface area contributed by atoms with Crippen molar-refractivity contribution < 1.29 is 9.53 Å². The molecule has 2 heterocycles. The van der Waals surface area contributed by atoms with Crippen molar-refractivity contribution >= 4 is 17.5 Å². The summed E-state index contributed by atoms with van der Waals surface area (Å²) in [5.41, 5.74) is 1.70. The van der Waals surface area contributed by atoms with Crippen LogP contribution in [0.15, 0.2) is 53.6 Å². The van der Waals surface area contributed by atoms with Crippen LogP contribution in [0, 0.1) is 6.92 Å². The molecule has 0 saturated carbocycles. The molecule has 3 rings (SSSR count). The fraction of sp³-hybridized carbons (Fsp3) is 0.273. The Bertz CT molecular complexity index is 1050. The minimum absolute atomic E-state index is 0.0632. The van der Waals surface area contributed by atoms with E-state index >= 15 is 0 Å². The third-order valence-electron chi connectivity index (χ3n) is 4.70. The lowest BCUT2D eigenvalue weighted by molar-refractivity contribution is -0.130. The molecule has 7 nitrogen and oxygen atoms in total. The highest BCUT2D eigenvalue weighted by Gasteiger charge is 2.14. The van der Waals surface area contributed by atoms with E-state index < -0.39 is 0 Å². The summed E-state index contributed by atoms with van der Waals surface area (Å²) in [7, 11) is 1.72. The Balaban J connectivity index is 1.53. The number of aromatic nitrogens is 3. The van der Waals surface area contributed by atoms with Gasteiger partial charge in [0.05, 0.1) is 6.54 Å². The zero-order valence-electron chi connectivity index (χ0n) is 16.9. The topological polar surface area (TPSA) is 88.2 Å². The summed E-state index contributed by atoms with van der Waals surface area (Å²) in [6, 6.07) is 10.6. The molecule has 0 atom stereocenters. The molecule has 156 valence electrons. The number of nitrogens with zero attached hydrogens (tertiary/aromatic N) is 3. The zero-order valence-corrected chi connectivity index (χ0v) is 17.6. The van der Waals surface area contributed by atoms with E-state index in [1.165, 1.54) is 0 Å². The van der Waals surface area contributed by atoms with Crippen LogP contribution in [-0.4, -0.2) is 46.0 Å². The van der Waals surface area contributed by atoms with Crippen molar-refractivity contribution in [3.05, 3.63) is 75.4 Å². The van der Waals surface area contributed by atoms with Gasteiger partial charge < -0.3 is 14.6 Å². The quantitative estimate of drug-likeness (QED) is 0.597. The van der Waals surface area contributed by atoms with Gasteiger partial charge in [-0.1, -0.05) is 11.6 Å². The third-order valence-corrected chi connectivity index (χ3v) is 4.95. The van der Waals surface area contributed by atoms with Gasteiger partial charge in [-0.25, -0.2) is 4.98 Å². The van der Waals surface area contributed by atoms with Crippen LogP contribution in [0.25, 0.3) is 11.4 Å². The molecule has 0 bridgehead atoms. The molecule has 1 aromatic carbocycles. The van der Waals surface area contributed by atoms with E-state index in [2.05, 4.69) is 15.0 Å². The number of hydrogen-bond donors (Lipinski definition) is 1. The number of likely N-dealkylation sites (N-methyl/N-ethyl adjacent to an activating group) is 1. The number of benzene rings is 1. The number of rotatable bonds is 8. The third kappa shape index (κ3) is 5.67. The highest BCUT2D eigenvalue weighted by Crippen LogP contribution is 2.16. The number of amides is 1. The Morgan fingerprint density at radius 2 is 1.87 bits per heavy atom. The van der Waals surface area contributed by atoms with E-state index in [-0.39, 0.29) is 17.9 Å². The van der Waals surface area contributed by atoms with Crippen molar-refractivity contribution in [3.8, 4) is 17.1 Å². The number of ether oxygens (including phenoxy) is 1. The number of pyridine rings is 1. The van der Waals surface area contributed by atoms with Crippen molar-refractivity contribution in [2.24, 2.45) is 0 Å². The minimum atomic E-state index is -0.226. The van der Waals surface area contributed by atoms with Crippen molar-refractivity contribution in [2.45, 2.75) is 19.8 Å². The summed E-state index contributed by atoms with van der Waals surface area (Å²) in [6.07, 6.45) is 3.83. The molecule has 1 N–H and O–H groups in total. The molecule has 0 aliphatic carbocycles. The number of aromatic amines is 1. The first kappa shape index (κ1) is 21.5. The number of hydrogen-bond acceptors (Lipinski definition) is 5. The predicted molar refractivity (Wildman–Crippen MR) is 116 cm³/mol. The molecule has 0 spiro atoms. The molecule has 1 amide bonds. The monoisotopic (exact) mass is 426 g/mol. The van der Waals surface area contributed by atoms with Gasteiger partial charge in [0, 0.05) is 47.7 Å². The summed E-state index contributed by atoms with van der Waals surface area (Å²) in [5, 5.41) is 0.642. The maximum atomic E-state index is 12.5. The van der Waals surface area contributed by atoms with Gasteiger partial charge in [-0.05, 0) is 49.7 Å². The van der Waals surface area contributed by atoms with Crippen molar-refractivity contribution in [2.75, 3.05) is 20.2 Å². The molecule has 0 radical (unpaired) electrons. The fourth-order valence-electron chi connectivity index (χ4n) is 2.93. The molecule has 3 aromatic rings. The fourth-order valence-corrected chi connectivity index (χ4v) is 3.06. The number of carbonyl (C=O) groups excluding carboxylic acids is 1. The van der Waals surface area contributed by atoms with Crippen LogP contribution in [0.5, 0.6) is 5.75 Å². The Kier molecular flexibility index (Phi) is 7.19. The molecular weight excluding hydrogens is 404 g/mol. The van der Waals surface area contributed by atoms with Crippen molar-refractivity contribution in [1.82, 2.24) is 19.9 Å². The van der Waals surface area contributed by atoms with Gasteiger partial charge in [-0.15, -0.1) is 0 Å². The van der Waals surface area contributed by atoms with Gasteiger partial charge in [0.1, 0.15) is 18.2 Å². The second kappa shape index (κ2) is 10.0. The van der Waals surface area contributed by atoms with Crippen molar-refractivity contribution in [1.29, 1.82) is 0 Å². The highest BCUT2D eigenvalue weighted by atomic mass is 35.5. The lowest BCUT2D eigenvalue weighted by atomic mass is 10.1. The maximum absolute atomic E-state index is 12.5. The van der Waals surface area contributed by atoms with E-state index in [4.69, 9.17) is 16.3 Å². The SMILES string of the molecule is Cc1nc(-c2ccncc2)[nH]c(=O)c1CCC(=O)N(C)CCOc1ccc(Cl)cc1. The minimum Gasteiger partial charge on any atom is -0.492 e. The van der Waals surface area contributed by atoms with Crippen LogP contribution in [0.4, 0.5) is 0 Å². The van der Waals surface area contributed by atoms with Gasteiger partial charge in [0.2, 0.25) is 5.91 Å². The molecule has 0 unspecified atom stereocenters. The van der Waals surface area contributed by atoms with E-state index in [0.29, 0.717) is 47.4 Å². The van der Waals surface area contributed by atoms with Crippen LogP contribution >= 0.6 is 11.6 Å².